The van der Waals surface area contributed by atoms with Gasteiger partial charge in [0.1, 0.15) is 5.60 Å². The molecule has 0 spiro atoms. The smallest absolute Gasteiger partial charge is 0.193 e. The first-order valence-corrected chi connectivity index (χ1v) is 8.70. The van der Waals surface area contributed by atoms with Crippen LogP contribution < -0.4 is 20.5 Å². The fourth-order valence-electron chi connectivity index (χ4n) is 2.33. The summed E-state index contributed by atoms with van der Waals surface area (Å²) in [6, 6.07) is 7.42. The van der Waals surface area contributed by atoms with Gasteiger partial charge in [0.2, 0.25) is 0 Å². The number of thiophene rings is 1. The Morgan fingerprint density at radius 1 is 1.32 bits per heavy atom. The molecule has 0 amide bonds. The van der Waals surface area contributed by atoms with Gasteiger partial charge < -0.3 is 25.6 Å². The van der Waals surface area contributed by atoms with E-state index in [1.807, 2.05) is 35.0 Å². The summed E-state index contributed by atoms with van der Waals surface area (Å²) in [5, 5.41) is 17.3. The van der Waals surface area contributed by atoms with Crippen LogP contribution in [0.2, 0.25) is 0 Å². The van der Waals surface area contributed by atoms with Gasteiger partial charge in [-0.2, -0.15) is 11.3 Å². The highest BCUT2D eigenvalue weighted by Gasteiger charge is 2.23. The van der Waals surface area contributed by atoms with E-state index in [-0.39, 0.29) is 36.5 Å². The second-order valence-corrected chi connectivity index (χ2v) is 6.60. The number of nitrogens with two attached hydrogens (primary N) is 1. The quantitative estimate of drug-likeness (QED) is 0.359. The number of benzene rings is 1. The summed E-state index contributed by atoms with van der Waals surface area (Å²) >= 11 is 1.54. The lowest BCUT2D eigenvalue weighted by molar-refractivity contribution is 0.0678. The number of fused-ring (bicyclic) bond motifs is 1. The van der Waals surface area contributed by atoms with Gasteiger partial charge in [0.25, 0.3) is 0 Å². The molecular formula is C17H22IN3O3S. The number of hydrogen-bond acceptors (Lipinski definition) is 5. The number of aliphatic hydroxyl groups is 1. The van der Waals surface area contributed by atoms with Crippen LogP contribution in [0.4, 0.5) is 5.69 Å². The third-order valence-corrected chi connectivity index (χ3v) is 4.40. The molecule has 0 saturated heterocycles. The Hall–Kier alpha value is -1.52. The first-order valence-electron chi connectivity index (χ1n) is 7.76. The highest BCUT2D eigenvalue weighted by Crippen LogP contribution is 2.32. The number of hydrogen-bond donors (Lipinski definition) is 3. The Labute approximate surface area is 168 Å². The topological polar surface area (TPSA) is 89.1 Å². The first kappa shape index (κ1) is 19.8. The molecule has 3 rings (SSSR count). The van der Waals surface area contributed by atoms with Crippen molar-refractivity contribution in [3.63, 3.8) is 0 Å². The van der Waals surface area contributed by atoms with Gasteiger partial charge in [-0.05, 0) is 41.4 Å². The second-order valence-electron chi connectivity index (χ2n) is 5.82. The summed E-state index contributed by atoms with van der Waals surface area (Å²) in [4.78, 5) is 4.24. The lowest BCUT2D eigenvalue weighted by Crippen LogP contribution is -2.29. The lowest BCUT2D eigenvalue weighted by atomic mass is 10.00. The van der Waals surface area contributed by atoms with Crippen molar-refractivity contribution < 1.29 is 14.6 Å². The molecule has 4 N–H and O–H groups in total. The van der Waals surface area contributed by atoms with E-state index in [9.17, 15) is 5.11 Å². The zero-order chi connectivity index (χ0) is 17.0. The third-order valence-electron chi connectivity index (χ3n) is 3.72. The summed E-state index contributed by atoms with van der Waals surface area (Å²) in [7, 11) is 0. The number of aliphatic imine (C=N–C) groups is 1. The van der Waals surface area contributed by atoms with Crippen molar-refractivity contribution in [2.75, 3.05) is 25.1 Å². The largest absolute Gasteiger partial charge is 0.490 e. The molecule has 0 aliphatic carbocycles. The maximum atomic E-state index is 10.5. The first-order chi connectivity index (χ1) is 11.5. The van der Waals surface area contributed by atoms with Crippen LogP contribution in [0.25, 0.3) is 0 Å². The maximum Gasteiger partial charge on any atom is 0.193 e. The fourth-order valence-corrected chi connectivity index (χ4v) is 3.11. The molecule has 2 heterocycles. The predicted molar refractivity (Wildman–Crippen MR) is 111 cm³/mol. The number of nitrogens with one attached hydrogen (secondary N) is 1. The van der Waals surface area contributed by atoms with Gasteiger partial charge in [0.15, 0.2) is 17.5 Å². The van der Waals surface area contributed by atoms with Gasteiger partial charge in [-0.15, -0.1) is 24.0 Å². The van der Waals surface area contributed by atoms with E-state index in [4.69, 9.17) is 15.2 Å². The standard InChI is InChI=1S/C17H21N3O3S.HI/c1-17(21,12-5-8-24-10-12)11-19-16(18)20-13-3-4-14-15(9-13)23-7-2-6-22-14;/h3-5,8-10,21H,2,6-7,11H2,1H3,(H3,18,19,20);1H. The van der Waals surface area contributed by atoms with Crippen LogP contribution in [-0.2, 0) is 5.60 Å². The predicted octanol–water partition coefficient (Wildman–Crippen LogP) is 3.16. The third kappa shape index (κ3) is 5.23. The van der Waals surface area contributed by atoms with Gasteiger partial charge in [-0.1, -0.05) is 0 Å². The van der Waals surface area contributed by atoms with Crippen molar-refractivity contribution in [1.29, 1.82) is 0 Å². The molecule has 1 aromatic heterocycles. The molecule has 0 bridgehead atoms. The van der Waals surface area contributed by atoms with Crippen LogP contribution in [0, 0.1) is 0 Å². The molecule has 0 saturated carbocycles. The summed E-state index contributed by atoms with van der Waals surface area (Å²) < 4.78 is 11.2. The minimum Gasteiger partial charge on any atom is -0.490 e. The Kier molecular flexibility index (Phi) is 6.91. The van der Waals surface area contributed by atoms with E-state index in [0.717, 1.165) is 23.4 Å². The molecule has 6 nitrogen and oxygen atoms in total. The van der Waals surface area contributed by atoms with Crippen molar-refractivity contribution in [1.82, 2.24) is 0 Å². The number of rotatable bonds is 4. The summed E-state index contributed by atoms with van der Waals surface area (Å²) in [5.74, 6) is 1.66. The van der Waals surface area contributed by atoms with Gasteiger partial charge in [0.05, 0.1) is 19.8 Å². The van der Waals surface area contributed by atoms with Crippen molar-refractivity contribution >= 4 is 47.0 Å². The molecule has 1 aliphatic rings. The fraction of sp³-hybridized carbons (Fsp3) is 0.353. The SMILES string of the molecule is CC(O)(CN=C(N)Nc1ccc2c(c1)OCCCO2)c1ccsc1.I. The molecule has 1 atom stereocenters. The van der Waals surface area contributed by atoms with Crippen LogP contribution in [0.15, 0.2) is 40.0 Å². The number of halogens is 1. The average Bonchev–Trinajstić information content (AvgIpc) is 3.01. The molecule has 0 radical (unpaired) electrons. The molecule has 1 unspecified atom stereocenters. The molecule has 25 heavy (non-hydrogen) atoms. The average molecular weight is 475 g/mol. The Bertz CT molecular complexity index is 720. The van der Waals surface area contributed by atoms with E-state index < -0.39 is 5.60 Å². The summed E-state index contributed by atoms with van der Waals surface area (Å²) in [6.45, 7) is 3.18. The highest BCUT2D eigenvalue weighted by molar-refractivity contribution is 14.0. The van der Waals surface area contributed by atoms with Crippen molar-refractivity contribution in [3.8, 4) is 11.5 Å². The molecule has 1 aromatic carbocycles. The van der Waals surface area contributed by atoms with E-state index >= 15 is 0 Å². The number of ether oxygens (including phenoxy) is 2. The van der Waals surface area contributed by atoms with Gasteiger partial charge in [-0.3, -0.25) is 0 Å². The summed E-state index contributed by atoms with van der Waals surface area (Å²) in [5.41, 5.74) is 6.48. The van der Waals surface area contributed by atoms with Gasteiger partial charge >= 0.3 is 0 Å². The minimum absolute atomic E-state index is 0. The van der Waals surface area contributed by atoms with Crippen LogP contribution >= 0.6 is 35.3 Å². The van der Waals surface area contributed by atoms with Crippen molar-refractivity contribution in [2.24, 2.45) is 10.7 Å². The monoisotopic (exact) mass is 475 g/mol. The van der Waals surface area contributed by atoms with E-state index in [1.165, 1.54) is 11.3 Å². The second kappa shape index (κ2) is 8.72. The zero-order valence-corrected chi connectivity index (χ0v) is 17.0. The van der Waals surface area contributed by atoms with E-state index in [1.54, 1.807) is 6.92 Å². The Morgan fingerprint density at radius 2 is 2.08 bits per heavy atom. The molecule has 136 valence electrons. The molecule has 1 aliphatic heterocycles. The van der Waals surface area contributed by atoms with E-state index in [2.05, 4.69) is 10.3 Å². The van der Waals surface area contributed by atoms with Crippen LogP contribution in [-0.4, -0.2) is 30.8 Å². The Morgan fingerprint density at radius 3 is 2.80 bits per heavy atom. The Balaban J connectivity index is 0.00000225. The normalized spacial score (nSPS) is 16.3. The van der Waals surface area contributed by atoms with Crippen LogP contribution in [0.3, 0.4) is 0 Å². The van der Waals surface area contributed by atoms with E-state index in [0.29, 0.717) is 19.0 Å². The molecule has 0 fully saturated rings. The summed E-state index contributed by atoms with van der Waals surface area (Å²) in [6.07, 6.45) is 0.860. The zero-order valence-electron chi connectivity index (χ0n) is 13.9. The van der Waals surface area contributed by atoms with Crippen LogP contribution in [0.5, 0.6) is 11.5 Å². The lowest BCUT2D eigenvalue weighted by Gasteiger charge is -2.20. The number of anilines is 1. The van der Waals surface area contributed by atoms with Gasteiger partial charge in [0, 0.05) is 18.2 Å². The maximum absolute atomic E-state index is 10.5. The van der Waals surface area contributed by atoms with Crippen molar-refractivity contribution in [3.05, 3.63) is 40.6 Å². The van der Waals surface area contributed by atoms with Crippen LogP contribution in [0.1, 0.15) is 18.9 Å². The number of nitrogens with zero attached hydrogens (tertiary/aromatic N) is 1. The number of guanidine groups is 1. The molecular weight excluding hydrogens is 453 g/mol. The molecule has 8 heteroatoms. The van der Waals surface area contributed by atoms with Crippen molar-refractivity contribution in [2.45, 2.75) is 18.9 Å². The minimum atomic E-state index is -1.04. The van der Waals surface area contributed by atoms with Gasteiger partial charge in [-0.25, -0.2) is 4.99 Å². The molecule has 2 aromatic rings. The highest BCUT2D eigenvalue weighted by atomic mass is 127.